The van der Waals surface area contributed by atoms with Crippen molar-refractivity contribution < 1.29 is 14.3 Å². The van der Waals surface area contributed by atoms with Gasteiger partial charge < -0.3 is 15.4 Å². The van der Waals surface area contributed by atoms with Crippen LogP contribution in [0.15, 0.2) is 24.3 Å². The number of anilines is 1. The summed E-state index contributed by atoms with van der Waals surface area (Å²) in [5.41, 5.74) is 1.84. The van der Waals surface area contributed by atoms with Crippen molar-refractivity contribution in [2.45, 2.75) is 32.3 Å². The minimum Gasteiger partial charge on any atom is -0.376 e. The molecular formula is C17H22N2O3. The van der Waals surface area contributed by atoms with Crippen LogP contribution in [-0.2, 0) is 14.3 Å². The molecule has 1 aromatic carbocycles. The first kappa shape index (κ1) is 15.0. The Hall–Kier alpha value is -1.88. The number of para-hydroxylation sites is 1. The van der Waals surface area contributed by atoms with Crippen molar-refractivity contribution in [3.05, 3.63) is 29.8 Å². The number of hydrogen-bond donors (Lipinski definition) is 2. The number of rotatable bonds is 5. The Morgan fingerprint density at radius 2 is 2.00 bits per heavy atom. The summed E-state index contributed by atoms with van der Waals surface area (Å²) in [6.45, 7) is 3.29. The highest BCUT2D eigenvalue weighted by atomic mass is 16.5. The number of aryl methyl sites for hydroxylation is 1. The summed E-state index contributed by atoms with van der Waals surface area (Å²) in [5.74, 6) is -0.485. The normalized spacial score (nSPS) is 26.5. The number of carbonyl (C=O) groups excluding carboxylic acids is 2. The fourth-order valence-corrected chi connectivity index (χ4v) is 2.86. The van der Waals surface area contributed by atoms with Gasteiger partial charge in [0, 0.05) is 18.8 Å². The average molecular weight is 302 g/mol. The maximum atomic E-state index is 12.2. The molecule has 1 aliphatic heterocycles. The Morgan fingerprint density at radius 1 is 1.23 bits per heavy atom. The van der Waals surface area contributed by atoms with Crippen molar-refractivity contribution in [2.75, 3.05) is 18.5 Å². The van der Waals surface area contributed by atoms with Crippen LogP contribution in [0.4, 0.5) is 5.69 Å². The molecule has 3 atom stereocenters. The van der Waals surface area contributed by atoms with Gasteiger partial charge in [-0.25, -0.2) is 0 Å². The van der Waals surface area contributed by atoms with Crippen molar-refractivity contribution in [1.29, 1.82) is 0 Å². The van der Waals surface area contributed by atoms with Crippen LogP contribution in [0.3, 0.4) is 0 Å². The van der Waals surface area contributed by atoms with E-state index in [1.54, 1.807) is 0 Å². The maximum Gasteiger partial charge on any atom is 0.228 e. The molecular weight excluding hydrogens is 280 g/mol. The van der Waals surface area contributed by atoms with Gasteiger partial charge in [-0.05, 0) is 37.8 Å². The first-order valence-electron chi connectivity index (χ1n) is 7.91. The van der Waals surface area contributed by atoms with Crippen LogP contribution >= 0.6 is 0 Å². The van der Waals surface area contributed by atoms with Gasteiger partial charge in [0.15, 0.2) is 0 Å². The zero-order valence-electron chi connectivity index (χ0n) is 12.8. The molecule has 5 nitrogen and oxygen atoms in total. The molecule has 2 aliphatic rings. The third kappa shape index (κ3) is 3.47. The zero-order valence-corrected chi connectivity index (χ0v) is 12.8. The van der Waals surface area contributed by atoms with E-state index in [-0.39, 0.29) is 29.8 Å². The van der Waals surface area contributed by atoms with Gasteiger partial charge in [0.05, 0.1) is 17.9 Å². The highest BCUT2D eigenvalue weighted by Crippen LogP contribution is 2.39. The molecule has 1 saturated carbocycles. The molecule has 118 valence electrons. The van der Waals surface area contributed by atoms with Crippen molar-refractivity contribution in [3.8, 4) is 0 Å². The van der Waals surface area contributed by atoms with Crippen LogP contribution in [0.25, 0.3) is 0 Å². The van der Waals surface area contributed by atoms with Gasteiger partial charge in [-0.15, -0.1) is 0 Å². The van der Waals surface area contributed by atoms with E-state index in [0.29, 0.717) is 13.0 Å². The maximum absolute atomic E-state index is 12.2. The Bertz CT molecular complexity index is 567. The van der Waals surface area contributed by atoms with Gasteiger partial charge in [-0.3, -0.25) is 9.59 Å². The lowest BCUT2D eigenvalue weighted by Gasteiger charge is -2.11. The second-order valence-electron chi connectivity index (χ2n) is 6.13. The van der Waals surface area contributed by atoms with Gasteiger partial charge in [-0.2, -0.15) is 0 Å². The number of ether oxygens (including phenoxy) is 1. The Labute approximate surface area is 130 Å². The largest absolute Gasteiger partial charge is 0.376 e. The standard InChI is InChI=1S/C17H22N2O3/c1-11-5-2-3-7-15(11)19-17(21)14-9-13(14)16(20)18-10-12-6-4-8-22-12/h2-3,5,7,12-14H,4,6,8-10H2,1H3,(H,18,20)(H,19,21). The summed E-state index contributed by atoms with van der Waals surface area (Å²) in [4.78, 5) is 24.2. The third-order valence-corrected chi connectivity index (χ3v) is 4.39. The summed E-state index contributed by atoms with van der Waals surface area (Å²) in [7, 11) is 0. The van der Waals surface area contributed by atoms with E-state index >= 15 is 0 Å². The van der Waals surface area contributed by atoms with E-state index in [1.165, 1.54) is 0 Å². The predicted molar refractivity (Wildman–Crippen MR) is 83.4 cm³/mol. The molecule has 3 rings (SSSR count). The Kier molecular flexibility index (Phi) is 4.43. The lowest BCUT2D eigenvalue weighted by Crippen LogP contribution is -2.33. The van der Waals surface area contributed by atoms with E-state index in [9.17, 15) is 9.59 Å². The molecule has 1 heterocycles. The van der Waals surface area contributed by atoms with Crippen molar-refractivity contribution >= 4 is 17.5 Å². The second-order valence-corrected chi connectivity index (χ2v) is 6.13. The molecule has 1 aliphatic carbocycles. The topological polar surface area (TPSA) is 67.4 Å². The fraction of sp³-hybridized carbons (Fsp3) is 0.529. The van der Waals surface area contributed by atoms with Gasteiger partial charge >= 0.3 is 0 Å². The van der Waals surface area contributed by atoms with Crippen LogP contribution in [0.2, 0.25) is 0 Å². The SMILES string of the molecule is Cc1ccccc1NC(=O)C1CC1C(=O)NCC1CCCO1. The van der Waals surface area contributed by atoms with E-state index < -0.39 is 0 Å². The van der Waals surface area contributed by atoms with E-state index in [1.807, 2.05) is 31.2 Å². The smallest absolute Gasteiger partial charge is 0.228 e. The Morgan fingerprint density at radius 3 is 2.73 bits per heavy atom. The van der Waals surface area contributed by atoms with E-state index in [2.05, 4.69) is 10.6 Å². The van der Waals surface area contributed by atoms with Crippen LogP contribution in [-0.4, -0.2) is 31.1 Å². The molecule has 0 aromatic heterocycles. The number of benzene rings is 1. The molecule has 2 N–H and O–H groups in total. The summed E-state index contributed by atoms with van der Waals surface area (Å²) in [6, 6.07) is 7.65. The Balaban J connectivity index is 1.45. The minimum atomic E-state index is -0.205. The highest BCUT2D eigenvalue weighted by Gasteiger charge is 2.48. The summed E-state index contributed by atoms with van der Waals surface area (Å²) in [6.07, 6.45) is 2.84. The molecule has 0 bridgehead atoms. The second kappa shape index (κ2) is 6.48. The van der Waals surface area contributed by atoms with Crippen LogP contribution < -0.4 is 10.6 Å². The van der Waals surface area contributed by atoms with Crippen molar-refractivity contribution in [3.63, 3.8) is 0 Å². The monoisotopic (exact) mass is 302 g/mol. The predicted octanol–water partition coefficient (Wildman–Crippen LogP) is 1.86. The zero-order chi connectivity index (χ0) is 15.5. The molecule has 1 saturated heterocycles. The average Bonchev–Trinajstić information content (AvgIpc) is 3.15. The lowest BCUT2D eigenvalue weighted by molar-refractivity contribution is -0.125. The van der Waals surface area contributed by atoms with Crippen LogP contribution in [0.1, 0.15) is 24.8 Å². The van der Waals surface area contributed by atoms with E-state index in [0.717, 1.165) is 30.7 Å². The molecule has 3 unspecified atom stereocenters. The molecule has 5 heteroatoms. The van der Waals surface area contributed by atoms with Gasteiger partial charge in [0.1, 0.15) is 0 Å². The van der Waals surface area contributed by atoms with Gasteiger partial charge in [-0.1, -0.05) is 18.2 Å². The number of hydrogen-bond acceptors (Lipinski definition) is 3. The molecule has 2 amide bonds. The quantitative estimate of drug-likeness (QED) is 0.872. The first-order valence-corrected chi connectivity index (χ1v) is 7.91. The van der Waals surface area contributed by atoms with Crippen LogP contribution in [0.5, 0.6) is 0 Å². The first-order chi connectivity index (χ1) is 10.6. The van der Waals surface area contributed by atoms with Gasteiger partial charge in [0.25, 0.3) is 0 Å². The summed E-state index contributed by atoms with van der Waals surface area (Å²) < 4.78 is 5.48. The molecule has 0 spiro atoms. The lowest BCUT2D eigenvalue weighted by atomic mass is 10.2. The fourth-order valence-electron chi connectivity index (χ4n) is 2.86. The van der Waals surface area contributed by atoms with Crippen molar-refractivity contribution in [2.24, 2.45) is 11.8 Å². The number of amides is 2. The molecule has 22 heavy (non-hydrogen) atoms. The summed E-state index contributed by atoms with van der Waals surface area (Å²) in [5, 5.41) is 5.81. The van der Waals surface area contributed by atoms with Gasteiger partial charge in [0.2, 0.25) is 11.8 Å². The molecule has 1 aromatic rings. The van der Waals surface area contributed by atoms with Crippen molar-refractivity contribution in [1.82, 2.24) is 5.32 Å². The number of carbonyl (C=O) groups is 2. The number of nitrogens with one attached hydrogen (secondary N) is 2. The van der Waals surface area contributed by atoms with E-state index in [4.69, 9.17) is 4.74 Å². The summed E-state index contributed by atoms with van der Waals surface area (Å²) >= 11 is 0. The highest BCUT2D eigenvalue weighted by molar-refractivity contribution is 5.99. The minimum absolute atomic E-state index is 0.0274. The van der Waals surface area contributed by atoms with Crippen LogP contribution in [0, 0.1) is 18.8 Å². The molecule has 2 fully saturated rings. The molecule has 0 radical (unpaired) electrons. The third-order valence-electron chi connectivity index (χ3n) is 4.39.